The maximum Gasteiger partial charge on any atom is 0.338 e. The van der Waals surface area contributed by atoms with Crippen molar-refractivity contribution in [2.24, 2.45) is 5.73 Å². The molecule has 0 atom stereocenters. The van der Waals surface area contributed by atoms with E-state index in [-0.39, 0.29) is 25.0 Å². The molecule has 0 unspecified atom stereocenters. The Kier molecular flexibility index (Phi) is 8.17. The number of hydrogen-bond donors (Lipinski definition) is 3. The molecule has 8 heteroatoms. The van der Waals surface area contributed by atoms with Crippen molar-refractivity contribution in [2.45, 2.75) is 0 Å². The highest BCUT2D eigenvalue weighted by molar-refractivity contribution is 5.96. The van der Waals surface area contributed by atoms with Crippen molar-refractivity contribution in [1.29, 1.82) is 5.41 Å². The van der Waals surface area contributed by atoms with Crippen LogP contribution >= 0.6 is 0 Å². The summed E-state index contributed by atoms with van der Waals surface area (Å²) in [4.78, 5) is 26.0. The zero-order valence-electron chi connectivity index (χ0n) is 16.6. The van der Waals surface area contributed by atoms with Gasteiger partial charge < -0.3 is 25.4 Å². The summed E-state index contributed by atoms with van der Waals surface area (Å²) in [7, 11) is 3.56. The largest absolute Gasteiger partial charge is 0.490 e. The quantitative estimate of drug-likeness (QED) is 0.242. The van der Waals surface area contributed by atoms with Gasteiger partial charge in [-0.25, -0.2) is 4.79 Å². The van der Waals surface area contributed by atoms with Crippen molar-refractivity contribution < 1.29 is 19.1 Å². The number of esters is 1. The fraction of sp³-hybridized carbons (Fsp3) is 0.286. The molecular formula is C21H26N4O4. The summed E-state index contributed by atoms with van der Waals surface area (Å²) in [6.07, 6.45) is 0. The fourth-order valence-corrected chi connectivity index (χ4v) is 2.48. The molecule has 0 aliphatic carbocycles. The first-order valence-corrected chi connectivity index (χ1v) is 9.17. The second kappa shape index (κ2) is 10.8. The third-order valence-corrected chi connectivity index (χ3v) is 4.14. The maximum atomic E-state index is 12.3. The van der Waals surface area contributed by atoms with E-state index >= 15 is 0 Å². The van der Waals surface area contributed by atoms with Gasteiger partial charge in [0.15, 0.2) is 0 Å². The first kappa shape index (κ1) is 21.9. The van der Waals surface area contributed by atoms with Crippen LogP contribution < -0.4 is 15.8 Å². The normalized spacial score (nSPS) is 10.3. The van der Waals surface area contributed by atoms with E-state index < -0.39 is 5.97 Å². The molecule has 29 heavy (non-hydrogen) atoms. The topological polar surface area (TPSA) is 118 Å². The Bertz CT molecular complexity index is 852. The van der Waals surface area contributed by atoms with Crippen molar-refractivity contribution >= 4 is 17.7 Å². The molecule has 2 rings (SSSR count). The number of benzene rings is 2. The Morgan fingerprint density at radius 2 is 1.76 bits per heavy atom. The highest BCUT2D eigenvalue weighted by Crippen LogP contribution is 2.13. The van der Waals surface area contributed by atoms with Crippen molar-refractivity contribution in [2.75, 3.05) is 40.4 Å². The van der Waals surface area contributed by atoms with Crippen LogP contribution in [0.2, 0.25) is 0 Å². The summed E-state index contributed by atoms with van der Waals surface area (Å²) >= 11 is 0. The first-order valence-electron chi connectivity index (χ1n) is 9.17. The van der Waals surface area contributed by atoms with Gasteiger partial charge in [0.1, 0.15) is 24.8 Å². The number of nitrogens with one attached hydrogen (secondary N) is 2. The van der Waals surface area contributed by atoms with E-state index in [4.69, 9.17) is 20.6 Å². The van der Waals surface area contributed by atoms with Crippen LogP contribution in [0, 0.1) is 5.41 Å². The van der Waals surface area contributed by atoms with Crippen molar-refractivity contribution in [3.63, 3.8) is 0 Å². The summed E-state index contributed by atoms with van der Waals surface area (Å²) in [5, 5.41) is 10.4. The van der Waals surface area contributed by atoms with Gasteiger partial charge in [0.05, 0.1) is 5.56 Å². The highest BCUT2D eigenvalue weighted by atomic mass is 16.6. The number of nitrogen functional groups attached to an aromatic ring is 1. The number of carbonyl (C=O) groups is 2. The maximum absolute atomic E-state index is 12.3. The van der Waals surface area contributed by atoms with E-state index in [0.29, 0.717) is 35.5 Å². The molecule has 154 valence electrons. The minimum absolute atomic E-state index is 0.0444. The number of amides is 1. The van der Waals surface area contributed by atoms with E-state index in [9.17, 15) is 9.59 Å². The molecule has 0 aliphatic heterocycles. The van der Waals surface area contributed by atoms with Gasteiger partial charge >= 0.3 is 5.97 Å². The standard InChI is InChI=1S/C21H26N4O4/c1-24-10-11-25(2)20(26)15-6-8-16(9-7-15)21(27)29-13-12-28-18-5-3-4-17(14-18)19(22)23/h3-9,14,24H,10-13H2,1-2H3,(H3,22,23). The average molecular weight is 398 g/mol. The average Bonchev–Trinajstić information content (AvgIpc) is 2.74. The van der Waals surface area contributed by atoms with Crippen molar-refractivity contribution in [3.05, 3.63) is 65.2 Å². The second-order valence-corrected chi connectivity index (χ2v) is 6.33. The molecule has 0 radical (unpaired) electrons. The number of likely N-dealkylation sites (N-methyl/N-ethyl adjacent to an activating group) is 2. The van der Waals surface area contributed by atoms with Crippen LogP contribution in [0.3, 0.4) is 0 Å². The number of carbonyl (C=O) groups excluding carboxylic acids is 2. The first-order chi connectivity index (χ1) is 13.9. The van der Waals surface area contributed by atoms with Gasteiger partial charge in [0, 0.05) is 31.3 Å². The Morgan fingerprint density at radius 3 is 2.41 bits per heavy atom. The molecule has 2 aromatic carbocycles. The minimum Gasteiger partial charge on any atom is -0.490 e. The molecule has 4 N–H and O–H groups in total. The Hall–Kier alpha value is -3.39. The lowest BCUT2D eigenvalue weighted by molar-refractivity contribution is 0.0450. The van der Waals surface area contributed by atoms with Gasteiger partial charge in [-0.2, -0.15) is 0 Å². The predicted octanol–water partition coefficient (Wildman–Crippen LogP) is 1.50. The number of amidine groups is 1. The smallest absolute Gasteiger partial charge is 0.338 e. The fourth-order valence-electron chi connectivity index (χ4n) is 2.48. The lowest BCUT2D eigenvalue weighted by Gasteiger charge is -2.17. The molecule has 0 aliphatic rings. The van der Waals surface area contributed by atoms with Crippen LogP contribution in [0.25, 0.3) is 0 Å². The highest BCUT2D eigenvalue weighted by Gasteiger charge is 2.13. The Balaban J connectivity index is 1.81. The second-order valence-electron chi connectivity index (χ2n) is 6.33. The molecule has 0 bridgehead atoms. The van der Waals surface area contributed by atoms with Gasteiger partial charge in [0.2, 0.25) is 0 Å². The summed E-state index contributed by atoms with van der Waals surface area (Å²) in [5.74, 6) is -0.106. The third kappa shape index (κ3) is 6.62. The molecule has 0 spiro atoms. The minimum atomic E-state index is -0.492. The van der Waals surface area contributed by atoms with Crippen LogP contribution in [0.15, 0.2) is 48.5 Å². The predicted molar refractivity (Wildman–Crippen MR) is 111 cm³/mol. The molecule has 1 amide bonds. The van der Waals surface area contributed by atoms with Crippen LogP contribution in [-0.4, -0.2) is 63.0 Å². The van der Waals surface area contributed by atoms with Gasteiger partial charge in [-0.3, -0.25) is 10.2 Å². The summed E-state index contributed by atoms with van der Waals surface area (Å²) < 4.78 is 10.7. The molecule has 8 nitrogen and oxygen atoms in total. The van der Waals surface area contributed by atoms with Crippen LogP contribution in [0.5, 0.6) is 5.75 Å². The number of nitrogens with two attached hydrogens (primary N) is 1. The Labute approximate surface area is 170 Å². The molecule has 0 fully saturated rings. The van der Waals surface area contributed by atoms with Gasteiger partial charge in [-0.1, -0.05) is 12.1 Å². The van der Waals surface area contributed by atoms with Gasteiger partial charge in [0.25, 0.3) is 5.91 Å². The summed E-state index contributed by atoms with van der Waals surface area (Å²) in [6, 6.07) is 13.2. The molecule has 0 saturated carbocycles. The zero-order chi connectivity index (χ0) is 21.2. The molecular weight excluding hydrogens is 372 g/mol. The molecule has 0 aromatic heterocycles. The van der Waals surface area contributed by atoms with E-state index in [2.05, 4.69) is 5.32 Å². The van der Waals surface area contributed by atoms with E-state index in [1.54, 1.807) is 60.5 Å². The van der Waals surface area contributed by atoms with Gasteiger partial charge in [-0.05, 0) is 43.4 Å². The van der Waals surface area contributed by atoms with E-state index in [1.807, 2.05) is 7.05 Å². The van der Waals surface area contributed by atoms with Crippen molar-refractivity contribution in [1.82, 2.24) is 10.2 Å². The lowest BCUT2D eigenvalue weighted by atomic mass is 10.1. The van der Waals surface area contributed by atoms with E-state index in [0.717, 1.165) is 0 Å². The summed E-state index contributed by atoms with van der Waals surface area (Å²) in [5.41, 5.74) is 6.87. The lowest BCUT2D eigenvalue weighted by Crippen LogP contribution is -2.32. The SMILES string of the molecule is CNCCN(C)C(=O)c1ccc(C(=O)OCCOc2cccc(C(=N)N)c2)cc1. The van der Waals surface area contributed by atoms with E-state index in [1.165, 1.54) is 0 Å². The molecule has 0 saturated heterocycles. The molecule has 0 heterocycles. The Morgan fingerprint density at radius 1 is 1.07 bits per heavy atom. The van der Waals surface area contributed by atoms with Gasteiger partial charge in [-0.15, -0.1) is 0 Å². The zero-order valence-corrected chi connectivity index (χ0v) is 16.6. The van der Waals surface area contributed by atoms with Crippen LogP contribution in [-0.2, 0) is 4.74 Å². The van der Waals surface area contributed by atoms with Crippen molar-refractivity contribution in [3.8, 4) is 5.75 Å². The summed E-state index contributed by atoms with van der Waals surface area (Å²) in [6.45, 7) is 1.53. The monoisotopic (exact) mass is 398 g/mol. The van der Waals surface area contributed by atoms with Crippen LogP contribution in [0.1, 0.15) is 26.3 Å². The van der Waals surface area contributed by atoms with Crippen LogP contribution in [0.4, 0.5) is 0 Å². The number of ether oxygens (including phenoxy) is 2. The third-order valence-electron chi connectivity index (χ3n) is 4.14. The number of hydrogen-bond acceptors (Lipinski definition) is 6. The number of rotatable bonds is 10. The molecule has 2 aromatic rings. The number of nitrogens with zero attached hydrogens (tertiary/aromatic N) is 1.